The molecular formula is C25H22FN3O3. The summed E-state index contributed by atoms with van der Waals surface area (Å²) in [5.41, 5.74) is 5.10. The summed E-state index contributed by atoms with van der Waals surface area (Å²) in [7, 11) is 1.30. The first-order chi connectivity index (χ1) is 15.4. The van der Waals surface area contributed by atoms with Gasteiger partial charge >= 0.3 is 5.97 Å². The highest BCUT2D eigenvalue weighted by Gasteiger charge is 2.18. The number of hydrogen-bond acceptors (Lipinski definition) is 4. The second-order valence-corrected chi connectivity index (χ2v) is 7.60. The van der Waals surface area contributed by atoms with Gasteiger partial charge in [0, 0.05) is 17.4 Å². The molecule has 0 fully saturated rings. The lowest BCUT2D eigenvalue weighted by molar-refractivity contribution is -0.115. The van der Waals surface area contributed by atoms with Crippen molar-refractivity contribution in [3.63, 3.8) is 0 Å². The number of aromatic nitrogens is 2. The average Bonchev–Trinajstić information content (AvgIpc) is 3.12. The summed E-state index contributed by atoms with van der Waals surface area (Å²) in [5.74, 6) is -1.04. The number of benzene rings is 2. The van der Waals surface area contributed by atoms with Crippen molar-refractivity contribution in [2.75, 3.05) is 12.4 Å². The summed E-state index contributed by atoms with van der Waals surface area (Å²) in [6.07, 6.45) is 1.96. The van der Waals surface area contributed by atoms with Crippen molar-refractivity contribution in [1.29, 1.82) is 0 Å². The van der Waals surface area contributed by atoms with Gasteiger partial charge in [-0.25, -0.2) is 14.2 Å². The summed E-state index contributed by atoms with van der Waals surface area (Å²) in [5, 5.41) is 2.83. The number of nitrogens with one attached hydrogen (secondary N) is 1. The lowest BCUT2D eigenvalue weighted by Gasteiger charge is -2.09. The zero-order valence-corrected chi connectivity index (χ0v) is 18.0. The van der Waals surface area contributed by atoms with Crippen molar-refractivity contribution in [3.05, 3.63) is 89.0 Å². The summed E-state index contributed by atoms with van der Waals surface area (Å²) < 4.78 is 20.4. The van der Waals surface area contributed by atoms with Gasteiger partial charge in [0.25, 0.3) is 0 Å². The quantitative estimate of drug-likeness (QED) is 0.464. The molecule has 4 rings (SSSR count). The van der Waals surface area contributed by atoms with Gasteiger partial charge in [-0.2, -0.15) is 0 Å². The monoisotopic (exact) mass is 431 g/mol. The molecule has 0 aliphatic heterocycles. The maximum Gasteiger partial charge on any atom is 0.337 e. The van der Waals surface area contributed by atoms with E-state index in [4.69, 9.17) is 9.72 Å². The Balaban J connectivity index is 1.70. The molecule has 2 aromatic heterocycles. The molecular weight excluding hydrogens is 409 g/mol. The Bertz CT molecular complexity index is 1340. The molecule has 2 aromatic carbocycles. The van der Waals surface area contributed by atoms with Gasteiger partial charge in [-0.05, 0) is 67.4 Å². The second-order valence-electron chi connectivity index (χ2n) is 7.60. The highest BCUT2D eigenvalue weighted by atomic mass is 19.1. The van der Waals surface area contributed by atoms with Crippen LogP contribution < -0.4 is 5.32 Å². The first-order valence-electron chi connectivity index (χ1n) is 10.1. The lowest BCUT2D eigenvalue weighted by atomic mass is 10.1. The minimum Gasteiger partial charge on any atom is -0.465 e. The average molecular weight is 431 g/mol. The maximum atomic E-state index is 13.8. The number of hydrogen-bond donors (Lipinski definition) is 1. The number of imidazole rings is 1. The number of methoxy groups -OCH3 is 1. The fourth-order valence-corrected chi connectivity index (χ4v) is 3.59. The predicted octanol–water partition coefficient (Wildman–Crippen LogP) is 4.73. The van der Waals surface area contributed by atoms with Crippen molar-refractivity contribution >= 4 is 23.2 Å². The smallest absolute Gasteiger partial charge is 0.337 e. The van der Waals surface area contributed by atoms with Crippen LogP contribution in [0.4, 0.5) is 10.1 Å². The van der Waals surface area contributed by atoms with E-state index in [9.17, 15) is 14.0 Å². The van der Waals surface area contributed by atoms with Gasteiger partial charge in [0.1, 0.15) is 11.5 Å². The van der Waals surface area contributed by atoms with Crippen LogP contribution in [0.1, 0.15) is 27.2 Å². The Morgan fingerprint density at radius 2 is 1.91 bits per heavy atom. The molecule has 0 aliphatic carbocycles. The van der Waals surface area contributed by atoms with Crippen molar-refractivity contribution in [1.82, 2.24) is 9.38 Å². The predicted molar refractivity (Wildman–Crippen MR) is 120 cm³/mol. The number of halogens is 1. The first-order valence-corrected chi connectivity index (χ1v) is 10.1. The minimum absolute atomic E-state index is 0.0405. The number of carbonyl (C=O) groups is 2. The fourth-order valence-electron chi connectivity index (χ4n) is 3.59. The van der Waals surface area contributed by atoms with Crippen molar-refractivity contribution in [2.24, 2.45) is 0 Å². The Labute approximate surface area is 184 Å². The van der Waals surface area contributed by atoms with Gasteiger partial charge in [-0.1, -0.05) is 12.1 Å². The lowest BCUT2D eigenvalue weighted by Crippen LogP contribution is -2.16. The van der Waals surface area contributed by atoms with Crippen molar-refractivity contribution in [3.8, 4) is 11.3 Å². The maximum absolute atomic E-state index is 13.8. The van der Waals surface area contributed by atoms with Crippen LogP contribution in [0.3, 0.4) is 0 Å². The van der Waals surface area contributed by atoms with Crippen LogP contribution in [0.15, 0.2) is 60.8 Å². The molecule has 0 spiro atoms. The van der Waals surface area contributed by atoms with E-state index in [1.807, 2.05) is 29.7 Å². The Morgan fingerprint density at radius 3 is 2.66 bits per heavy atom. The van der Waals surface area contributed by atoms with Crippen LogP contribution in [0.5, 0.6) is 0 Å². The molecule has 0 saturated heterocycles. The minimum atomic E-state index is -0.479. The highest BCUT2D eigenvalue weighted by molar-refractivity contribution is 5.96. The van der Waals surface area contributed by atoms with Crippen LogP contribution in [-0.2, 0) is 16.0 Å². The van der Waals surface area contributed by atoms with E-state index >= 15 is 0 Å². The SMILES string of the molecule is COC(=O)c1cccc(NC(=O)Cc2c(-c3ccc(F)c(C)c3)nc3ccc(C)cn23)c1. The third-order valence-corrected chi connectivity index (χ3v) is 5.19. The Morgan fingerprint density at radius 1 is 1.09 bits per heavy atom. The molecule has 2 heterocycles. The van der Waals surface area contributed by atoms with E-state index in [-0.39, 0.29) is 18.1 Å². The van der Waals surface area contributed by atoms with Gasteiger partial charge in [-0.15, -0.1) is 0 Å². The zero-order chi connectivity index (χ0) is 22.8. The van der Waals surface area contributed by atoms with Gasteiger partial charge in [-0.3, -0.25) is 4.79 Å². The number of pyridine rings is 1. The molecule has 0 aliphatic rings. The van der Waals surface area contributed by atoms with Gasteiger partial charge in [0.2, 0.25) is 5.91 Å². The van der Waals surface area contributed by atoms with E-state index < -0.39 is 5.97 Å². The number of aryl methyl sites for hydroxylation is 2. The zero-order valence-electron chi connectivity index (χ0n) is 18.0. The molecule has 0 saturated carbocycles. The third-order valence-electron chi connectivity index (χ3n) is 5.19. The number of anilines is 1. The number of fused-ring (bicyclic) bond motifs is 1. The van der Waals surface area contributed by atoms with Crippen molar-refractivity contribution < 1.29 is 18.7 Å². The van der Waals surface area contributed by atoms with Crippen LogP contribution in [0, 0.1) is 19.7 Å². The Hall–Kier alpha value is -4.00. The standard InChI is InChI=1S/C25H22FN3O3/c1-15-7-10-22-28-24(17-8-9-20(26)16(2)11-17)21(29(22)14-15)13-23(30)27-19-6-4-5-18(12-19)25(31)32-3/h4-12,14H,13H2,1-3H3,(H,27,30). The number of esters is 1. The molecule has 0 atom stereocenters. The number of rotatable bonds is 5. The normalized spacial score (nSPS) is 10.9. The third kappa shape index (κ3) is 4.23. The molecule has 0 radical (unpaired) electrons. The molecule has 0 bridgehead atoms. The topological polar surface area (TPSA) is 72.7 Å². The van der Waals surface area contributed by atoms with Gasteiger partial charge in [0.05, 0.1) is 30.5 Å². The summed E-state index contributed by atoms with van der Waals surface area (Å²) in [6, 6.07) is 15.2. The second kappa shape index (κ2) is 8.63. The highest BCUT2D eigenvalue weighted by Crippen LogP contribution is 2.27. The molecule has 1 N–H and O–H groups in total. The largest absolute Gasteiger partial charge is 0.465 e. The van der Waals surface area contributed by atoms with E-state index in [1.54, 1.807) is 43.3 Å². The molecule has 162 valence electrons. The van der Waals surface area contributed by atoms with Gasteiger partial charge < -0.3 is 14.5 Å². The van der Waals surface area contributed by atoms with E-state index in [1.165, 1.54) is 13.2 Å². The number of nitrogens with zero attached hydrogens (tertiary/aromatic N) is 2. The molecule has 7 heteroatoms. The summed E-state index contributed by atoms with van der Waals surface area (Å²) in [4.78, 5) is 29.4. The molecule has 4 aromatic rings. The number of carbonyl (C=O) groups excluding carboxylic acids is 2. The molecule has 32 heavy (non-hydrogen) atoms. The van der Waals surface area contributed by atoms with Crippen LogP contribution in [0.25, 0.3) is 16.9 Å². The molecule has 1 amide bonds. The number of amides is 1. The summed E-state index contributed by atoms with van der Waals surface area (Å²) >= 11 is 0. The van der Waals surface area contributed by atoms with Crippen LogP contribution in [-0.4, -0.2) is 28.4 Å². The number of ether oxygens (including phenoxy) is 1. The first kappa shape index (κ1) is 21.2. The van der Waals surface area contributed by atoms with Crippen LogP contribution in [0.2, 0.25) is 0 Å². The van der Waals surface area contributed by atoms with E-state index in [2.05, 4.69) is 5.32 Å². The van der Waals surface area contributed by atoms with E-state index in [0.717, 1.165) is 11.1 Å². The fraction of sp³-hybridized carbons (Fsp3) is 0.160. The van der Waals surface area contributed by atoms with E-state index in [0.29, 0.717) is 33.8 Å². The summed E-state index contributed by atoms with van der Waals surface area (Å²) in [6.45, 7) is 3.66. The van der Waals surface area contributed by atoms with Crippen LogP contribution >= 0.6 is 0 Å². The van der Waals surface area contributed by atoms with Crippen molar-refractivity contribution in [2.45, 2.75) is 20.3 Å². The molecule has 6 nitrogen and oxygen atoms in total. The molecule has 0 unspecified atom stereocenters. The van der Waals surface area contributed by atoms with Gasteiger partial charge in [0.15, 0.2) is 0 Å². The Kier molecular flexibility index (Phi) is 5.73.